The van der Waals surface area contributed by atoms with E-state index in [0.29, 0.717) is 6.61 Å². The molecule has 17 heavy (non-hydrogen) atoms. The minimum atomic E-state index is -0.629. The molecule has 3 nitrogen and oxygen atoms in total. The van der Waals surface area contributed by atoms with Crippen LogP contribution in [0.4, 0.5) is 0 Å². The SMILES string of the molecule is CC(C)OCC(O)c1cccc2cccnc12. The number of aliphatic hydroxyl groups excluding tert-OH is 1. The van der Waals surface area contributed by atoms with E-state index < -0.39 is 6.10 Å². The van der Waals surface area contributed by atoms with Gasteiger partial charge >= 0.3 is 0 Å². The molecular weight excluding hydrogens is 214 g/mol. The minimum Gasteiger partial charge on any atom is -0.386 e. The van der Waals surface area contributed by atoms with Crippen molar-refractivity contribution in [2.75, 3.05) is 6.61 Å². The Morgan fingerprint density at radius 3 is 2.76 bits per heavy atom. The summed E-state index contributed by atoms with van der Waals surface area (Å²) in [4.78, 5) is 4.31. The van der Waals surface area contributed by atoms with E-state index in [4.69, 9.17) is 4.74 Å². The number of para-hydroxylation sites is 1. The predicted octanol–water partition coefficient (Wildman–Crippen LogP) is 2.69. The molecule has 0 saturated heterocycles. The lowest BCUT2D eigenvalue weighted by Crippen LogP contribution is -2.12. The highest BCUT2D eigenvalue weighted by Gasteiger charge is 2.12. The number of aliphatic hydroxyl groups is 1. The highest BCUT2D eigenvalue weighted by atomic mass is 16.5. The lowest BCUT2D eigenvalue weighted by Gasteiger charge is -2.15. The Hall–Kier alpha value is -1.45. The summed E-state index contributed by atoms with van der Waals surface area (Å²) in [5.41, 5.74) is 1.67. The van der Waals surface area contributed by atoms with E-state index in [-0.39, 0.29) is 6.10 Å². The van der Waals surface area contributed by atoms with Crippen LogP contribution in [0.1, 0.15) is 25.5 Å². The van der Waals surface area contributed by atoms with Crippen LogP contribution < -0.4 is 0 Å². The second-order valence-electron chi connectivity index (χ2n) is 4.32. The zero-order valence-corrected chi connectivity index (χ0v) is 10.1. The van der Waals surface area contributed by atoms with Crippen LogP contribution in [0.15, 0.2) is 36.5 Å². The number of benzene rings is 1. The van der Waals surface area contributed by atoms with Gasteiger partial charge in [-0.1, -0.05) is 24.3 Å². The van der Waals surface area contributed by atoms with Crippen molar-refractivity contribution in [3.8, 4) is 0 Å². The molecule has 3 heteroatoms. The van der Waals surface area contributed by atoms with Crippen LogP contribution in [0.5, 0.6) is 0 Å². The fourth-order valence-electron chi connectivity index (χ4n) is 1.77. The number of ether oxygens (including phenoxy) is 1. The summed E-state index contributed by atoms with van der Waals surface area (Å²) in [5.74, 6) is 0. The second-order valence-corrected chi connectivity index (χ2v) is 4.32. The second kappa shape index (κ2) is 5.25. The highest BCUT2D eigenvalue weighted by molar-refractivity contribution is 5.81. The first-order valence-electron chi connectivity index (χ1n) is 5.82. The molecule has 1 aromatic carbocycles. The van der Waals surface area contributed by atoms with E-state index in [1.807, 2.05) is 44.2 Å². The zero-order valence-electron chi connectivity index (χ0n) is 10.1. The van der Waals surface area contributed by atoms with Crippen molar-refractivity contribution in [3.05, 3.63) is 42.1 Å². The Bertz CT molecular complexity index is 491. The Morgan fingerprint density at radius 2 is 2.00 bits per heavy atom. The van der Waals surface area contributed by atoms with Gasteiger partial charge in [0.2, 0.25) is 0 Å². The molecular formula is C14H17NO2. The molecule has 0 amide bonds. The Labute approximate surface area is 101 Å². The van der Waals surface area contributed by atoms with Gasteiger partial charge in [-0.25, -0.2) is 0 Å². The van der Waals surface area contributed by atoms with Crippen LogP contribution in [0.2, 0.25) is 0 Å². The van der Waals surface area contributed by atoms with Gasteiger partial charge in [0.05, 0.1) is 18.2 Å². The van der Waals surface area contributed by atoms with Crippen molar-refractivity contribution < 1.29 is 9.84 Å². The third-order valence-electron chi connectivity index (χ3n) is 2.61. The molecule has 2 aromatic rings. The van der Waals surface area contributed by atoms with E-state index in [1.165, 1.54) is 0 Å². The Kier molecular flexibility index (Phi) is 3.71. The van der Waals surface area contributed by atoms with Crippen LogP contribution in [0, 0.1) is 0 Å². The van der Waals surface area contributed by atoms with Crippen molar-refractivity contribution >= 4 is 10.9 Å². The third kappa shape index (κ3) is 2.81. The maximum absolute atomic E-state index is 10.1. The smallest absolute Gasteiger partial charge is 0.104 e. The molecule has 90 valence electrons. The molecule has 0 aliphatic carbocycles. The Morgan fingerprint density at radius 1 is 1.24 bits per heavy atom. The fraction of sp³-hybridized carbons (Fsp3) is 0.357. The van der Waals surface area contributed by atoms with Crippen LogP contribution in [-0.4, -0.2) is 22.8 Å². The van der Waals surface area contributed by atoms with Gasteiger partial charge < -0.3 is 9.84 Å². The maximum Gasteiger partial charge on any atom is 0.104 e. The predicted molar refractivity (Wildman–Crippen MR) is 67.8 cm³/mol. The lowest BCUT2D eigenvalue weighted by molar-refractivity contribution is 0.00543. The number of fused-ring (bicyclic) bond motifs is 1. The summed E-state index contributed by atoms with van der Waals surface area (Å²) >= 11 is 0. The third-order valence-corrected chi connectivity index (χ3v) is 2.61. The van der Waals surface area contributed by atoms with Gasteiger partial charge in [0.1, 0.15) is 6.10 Å². The molecule has 0 aliphatic rings. The number of aromatic nitrogens is 1. The lowest BCUT2D eigenvalue weighted by atomic mass is 10.1. The van der Waals surface area contributed by atoms with Crippen molar-refractivity contribution in [2.45, 2.75) is 26.1 Å². The molecule has 1 unspecified atom stereocenters. The van der Waals surface area contributed by atoms with Crippen LogP contribution in [-0.2, 0) is 4.74 Å². The number of rotatable bonds is 4. The number of hydrogen-bond acceptors (Lipinski definition) is 3. The van der Waals surface area contributed by atoms with E-state index in [2.05, 4.69) is 4.98 Å². The molecule has 2 rings (SSSR count). The highest BCUT2D eigenvalue weighted by Crippen LogP contribution is 2.22. The summed E-state index contributed by atoms with van der Waals surface area (Å²) < 4.78 is 5.43. The van der Waals surface area contributed by atoms with Gasteiger partial charge in [-0.3, -0.25) is 4.98 Å². The molecule has 0 spiro atoms. The molecule has 1 N–H and O–H groups in total. The largest absolute Gasteiger partial charge is 0.386 e. The average Bonchev–Trinajstić information content (AvgIpc) is 2.35. The zero-order chi connectivity index (χ0) is 12.3. The molecule has 0 bridgehead atoms. The summed E-state index contributed by atoms with van der Waals surface area (Å²) in [6.07, 6.45) is 1.23. The van der Waals surface area contributed by atoms with Crippen molar-refractivity contribution in [2.24, 2.45) is 0 Å². The first-order valence-corrected chi connectivity index (χ1v) is 5.82. The van der Waals surface area contributed by atoms with Crippen molar-refractivity contribution in [1.29, 1.82) is 0 Å². The van der Waals surface area contributed by atoms with Gasteiger partial charge in [0.15, 0.2) is 0 Å². The quantitative estimate of drug-likeness (QED) is 0.879. The van der Waals surface area contributed by atoms with E-state index >= 15 is 0 Å². The van der Waals surface area contributed by atoms with Gasteiger partial charge in [0, 0.05) is 17.1 Å². The van der Waals surface area contributed by atoms with E-state index in [0.717, 1.165) is 16.5 Å². The number of pyridine rings is 1. The molecule has 1 aromatic heterocycles. The first kappa shape index (κ1) is 12.0. The summed E-state index contributed by atoms with van der Waals surface area (Å²) in [6.45, 7) is 4.20. The monoisotopic (exact) mass is 231 g/mol. The van der Waals surface area contributed by atoms with Crippen molar-refractivity contribution in [1.82, 2.24) is 4.98 Å². The summed E-state index contributed by atoms with van der Waals surface area (Å²) in [7, 11) is 0. The standard InChI is InChI=1S/C14H17NO2/c1-10(2)17-9-13(16)12-7-3-5-11-6-4-8-15-14(11)12/h3-8,10,13,16H,9H2,1-2H3. The van der Waals surface area contributed by atoms with Gasteiger partial charge in [0.25, 0.3) is 0 Å². The Balaban J connectivity index is 2.28. The normalized spacial score (nSPS) is 13.2. The summed E-state index contributed by atoms with van der Waals surface area (Å²) in [6, 6.07) is 9.69. The molecule has 0 radical (unpaired) electrons. The van der Waals surface area contributed by atoms with Crippen LogP contribution in [0.3, 0.4) is 0 Å². The van der Waals surface area contributed by atoms with Gasteiger partial charge in [-0.05, 0) is 19.9 Å². The molecule has 1 heterocycles. The molecule has 0 saturated carbocycles. The topological polar surface area (TPSA) is 42.4 Å². The number of nitrogens with zero attached hydrogens (tertiary/aromatic N) is 1. The van der Waals surface area contributed by atoms with Gasteiger partial charge in [-0.15, -0.1) is 0 Å². The minimum absolute atomic E-state index is 0.118. The number of hydrogen-bond donors (Lipinski definition) is 1. The maximum atomic E-state index is 10.1. The van der Waals surface area contributed by atoms with Crippen molar-refractivity contribution in [3.63, 3.8) is 0 Å². The van der Waals surface area contributed by atoms with E-state index in [1.54, 1.807) is 6.20 Å². The van der Waals surface area contributed by atoms with E-state index in [9.17, 15) is 5.11 Å². The summed E-state index contributed by atoms with van der Waals surface area (Å²) in [5, 5.41) is 11.1. The average molecular weight is 231 g/mol. The fourth-order valence-corrected chi connectivity index (χ4v) is 1.77. The molecule has 0 fully saturated rings. The molecule has 0 aliphatic heterocycles. The van der Waals surface area contributed by atoms with Crippen LogP contribution >= 0.6 is 0 Å². The molecule has 1 atom stereocenters. The van der Waals surface area contributed by atoms with Gasteiger partial charge in [-0.2, -0.15) is 0 Å². The van der Waals surface area contributed by atoms with Crippen LogP contribution in [0.25, 0.3) is 10.9 Å². The first-order chi connectivity index (χ1) is 8.18.